The molecule has 0 unspecified atom stereocenters. The maximum atomic E-state index is 12.1. The van der Waals surface area contributed by atoms with Gasteiger partial charge in [-0.3, -0.25) is 9.59 Å². The van der Waals surface area contributed by atoms with Crippen LogP contribution < -0.4 is 11.1 Å². The maximum absolute atomic E-state index is 12.1. The molecule has 0 aliphatic heterocycles. The molecule has 1 rings (SSSR count). The molecule has 0 aromatic heterocycles. The van der Waals surface area contributed by atoms with Gasteiger partial charge in [0.15, 0.2) is 11.5 Å². The number of nitrogens with two attached hydrogens (primary N) is 1. The molecule has 2 atom stereocenters. The third-order valence-electron chi connectivity index (χ3n) is 3.11. The summed E-state index contributed by atoms with van der Waals surface area (Å²) in [5.41, 5.74) is 4.75. The van der Waals surface area contributed by atoms with Gasteiger partial charge in [-0.2, -0.15) is 0 Å². The van der Waals surface area contributed by atoms with Gasteiger partial charge in [0.1, 0.15) is 6.04 Å². The van der Waals surface area contributed by atoms with Gasteiger partial charge in [0.25, 0.3) is 0 Å². The molecule has 23 heavy (non-hydrogen) atoms. The van der Waals surface area contributed by atoms with Gasteiger partial charge < -0.3 is 31.5 Å². The van der Waals surface area contributed by atoms with Crippen LogP contribution in [0.1, 0.15) is 18.9 Å². The highest BCUT2D eigenvalue weighted by Gasteiger charge is 2.33. The van der Waals surface area contributed by atoms with Crippen molar-refractivity contribution < 1.29 is 34.8 Å². The number of hydrogen-bond acceptors (Lipinski definition) is 6. The van der Waals surface area contributed by atoms with Crippen LogP contribution in [0.3, 0.4) is 0 Å². The number of aliphatic carboxylic acids is 2. The zero-order valence-corrected chi connectivity index (χ0v) is 12.3. The van der Waals surface area contributed by atoms with Gasteiger partial charge >= 0.3 is 11.9 Å². The number of rotatable bonds is 7. The Morgan fingerprint density at radius 3 is 2.30 bits per heavy atom. The summed E-state index contributed by atoms with van der Waals surface area (Å²) in [5, 5.41) is 38.3. The Morgan fingerprint density at radius 2 is 1.83 bits per heavy atom. The zero-order valence-electron chi connectivity index (χ0n) is 12.3. The molecular weight excluding hydrogens is 308 g/mol. The number of carboxylic acid groups (broad SMARTS) is 2. The summed E-state index contributed by atoms with van der Waals surface area (Å²) in [6, 6.07) is 2.29. The second-order valence-electron chi connectivity index (χ2n) is 5.38. The SMILES string of the molecule is C[C@@](N)(Cc1ccc(O)c(O)c1)C(=O)N[C@@H](CC(=O)O)C(=O)O. The number of carboxylic acids is 2. The first kappa shape index (κ1) is 18.2. The molecule has 9 nitrogen and oxygen atoms in total. The average molecular weight is 326 g/mol. The van der Waals surface area contributed by atoms with Crippen LogP contribution in [0, 0.1) is 0 Å². The van der Waals surface area contributed by atoms with Crippen LogP contribution >= 0.6 is 0 Å². The van der Waals surface area contributed by atoms with E-state index in [0.29, 0.717) is 5.56 Å². The summed E-state index contributed by atoms with van der Waals surface area (Å²) in [5.74, 6) is -4.42. The molecule has 1 amide bonds. The van der Waals surface area contributed by atoms with Gasteiger partial charge in [-0.1, -0.05) is 6.07 Å². The summed E-state index contributed by atoms with van der Waals surface area (Å²) < 4.78 is 0. The number of nitrogens with one attached hydrogen (secondary N) is 1. The molecule has 126 valence electrons. The molecule has 0 fully saturated rings. The lowest BCUT2D eigenvalue weighted by molar-refractivity contribution is -0.147. The van der Waals surface area contributed by atoms with Gasteiger partial charge in [-0.05, 0) is 31.0 Å². The van der Waals surface area contributed by atoms with Crippen molar-refractivity contribution in [2.45, 2.75) is 31.3 Å². The van der Waals surface area contributed by atoms with Crippen molar-refractivity contribution in [2.24, 2.45) is 5.73 Å². The summed E-state index contributed by atoms with van der Waals surface area (Å²) in [4.78, 5) is 33.7. The monoisotopic (exact) mass is 326 g/mol. The fraction of sp³-hybridized carbons (Fsp3) is 0.357. The third kappa shape index (κ3) is 5.15. The van der Waals surface area contributed by atoms with Crippen LogP contribution in [0.2, 0.25) is 0 Å². The fourth-order valence-electron chi connectivity index (χ4n) is 1.88. The van der Waals surface area contributed by atoms with E-state index in [1.54, 1.807) is 0 Å². The van der Waals surface area contributed by atoms with E-state index >= 15 is 0 Å². The summed E-state index contributed by atoms with van der Waals surface area (Å²) >= 11 is 0. The molecule has 1 aromatic rings. The normalized spacial score (nSPS) is 14.5. The molecule has 0 saturated heterocycles. The minimum absolute atomic E-state index is 0.0634. The predicted molar refractivity (Wildman–Crippen MR) is 77.9 cm³/mol. The van der Waals surface area contributed by atoms with Gasteiger partial charge in [-0.25, -0.2) is 4.79 Å². The van der Waals surface area contributed by atoms with E-state index in [1.165, 1.54) is 25.1 Å². The number of benzene rings is 1. The average Bonchev–Trinajstić information content (AvgIpc) is 2.41. The second-order valence-corrected chi connectivity index (χ2v) is 5.38. The van der Waals surface area contributed by atoms with E-state index in [4.69, 9.17) is 15.9 Å². The van der Waals surface area contributed by atoms with Crippen molar-refractivity contribution in [3.63, 3.8) is 0 Å². The number of phenols is 2. The van der Waals surface area contributed by atoms with Crippen LogP contribution in [0.15, 0.2) is 18.2 Å². The molecule has 0 bridgehead atoms. The van der Waals surface area contributed by atoms with Crippen LogP contribution in [0.25, 0.3) is 0 Å². The van der Waals surface area contributed by atoms with E-state index in [1.807, 2.05) is 0 Å². The second kappa shape index (κ2) is 6.97. The van der Waals surface area contributed by atoms with Gasteiger partial charge in [0.05, 0.1) is 12.0 Å². The first-order chi connectivity index (χ1) is 10.5. The van der Waals surface area contributed by atoms with E-state index in [-0.39, 0.29) is 17.9 Å². The fourth-order valence-corrected chi connectivity index (χ4v) is 1.88. The highest BCUT2D eigenvalue weighted by atomic mass is 16.4. The van der Waals surface area contributed by atoms with Crippen molar-refractivity contribution in [1.82, 2.24) is 5.32 Å². The van der Waals surface area contributed by atoms with Crippen LogP contribution in [0.5, 0.6) is 11.5 Å². The Bertz CT molecular complexity index is 628. The molecule has 0 heterocycles. The van der Waals surface area contributed by atoms with Crippen molar-refractivity contribution >= 4 is 17.8 Å². The molecule has 9 heteroatoms. The highest BCUT2D eigenvalue weighted by Crippen LogP contribution is 2.26. The lowest BCUT2D eigenvalue weighted by Crippen LogP contribution is -2.57. The van der Waals surface area contributed by atoms with E-state index < -0.39 is 35.8 Å². The number of phenolic OH excluding ortho intramolecular Hbond substituents is 2. The number of carbonyl (C=O) groups excluding carboxylic acids is 1. The van der Waals surface area contributed by atoms with E-state index in [9.17, 15) is 24.6 Å². The first-order valence-electron chi connectivity index (χ1n) is 6.58. The van der Waals surface area contributed by atoms with Crippen molar-refractivity contribution in [3.8, 4) is 11.5 Å². The van der Waals surface area contributed by atoms with Gasteiger partial charge in [0.2, 0.25) is 5.91 Å². The molecule has 1 aromatic carbocycles. The van der Waals surface area contributed by atoms with Crippen molar-refractivity contribution in [2.75, 3.05) is 0 Å². The Balaban J connectivity index is 2.84. The smallest absolute Gasteiger partial charge is 0.326 e. The lowest BCUT2D eigenvalue weighted by atomic mass is 9.92. The van der Waals surface area contributed by atoms with Crippen molar-refractivity contribution in [1.29, 1.82) is 0 Å². The molecule has 7 N–H and O–H groups in total. The third-order valence-corrected chi connectivity index (χ3v) is 3.11. The molecule has 0 radical (unpaired) electrons. The summed E-state index contributed by atoms with van der Waals surface area (Å²) in [6.07, 6.45) is -0.844. The Morgan fingerprint density at radius 1 is 1.22 bits per heavy atom. The van der Waals surface area contributed by atoms with E-state index in [0.717, 1.165) is 0 Å². The predicted octanol–water partition coefficient (Wildman–Crippen LogP) is -0.598. The molecule has 0 aliphatic rings. The largest absolute Gasteiger partial charge is 0.504 e. The minimum atomic E-state index is -1.60. The van der Waals surface area contributed by atoms with Crippen molar-refractivity contribution in [3.05, 3.63) is 23.8 Å². The van der Waals surface area contributed by atoms with Gasteiger partial charge in [0, 0.05) is 0 Å². The number of amides is 1. The Kier molecular flexibility index (Phi) is 5.52. The van der Waals surface area contributed by atoms with Crippen LogP contribution in [0.4, 0.5) is 0 Å². The number of carbonyl (C=O) groups is 3. The van der Waals surface area contributed by atoms with E-state index in [2.05, 4.69) is 5.32 Å². The quantitative estimate of drug-likeness (QED) is 0.361. The molecular formula is C14H18N2O7. The maximum Gasteiger partial charge on any atom is 0.326 e. The zero-order chi connectivity index (χ0) is 17.8. The Labute approximate surface area is 131 Å². The highest BCUT2D eigenvalue weighted by molar-refractivity contribution is 5.91. The first-order valence-corrected chi connectivity index (χ1v) is 6.58. The summed E-state index contributed by atoms with van der Waals surface area (Å²) in [7, 11) is 0. The van der Waals surface area contributed by atoms with Crippen LogP contribution in [-0.4, -0.2) is 49.9 Å². The molecule has 0 aliphatic carbocycles. The Hall–Kier alpha value is -2.81. The summed E-state index contributed by atoms with van der Waals surface area (Å²) in [6.45, 7) is 1.34. The topological polar surface area (TPSA) is 170 Å². The standard InChI is InChI=1S/C14H18N2O7/c1-14(15,6-7-2-3-9(17)10(18)4-7)13(23)16-8(12(21)22)5-11(19)20/h2-4,8,17-18H,5-6,15H2,1H3,(H,16,23)(H,19,20)(H,21,22)/t8-,14+/m0/s1. The molecule has 0 spiro atoms. The lowest BCUT2D eigenvalue weighted by Gasteiger charge is -2.25. The molecule has 0 saturated carbocycles. The number of hydrogen-bond donors (Lipinski definition) is 6. The van der Waals surface area contributed by atoms with Gasteiger partial charge in [-0.15, -0.1) is 0 Å². The minimum Gasteiger partial charge on any atom is -0.504 e. The van der Waals surface area contributed by atoms with Crippen LogP contribution in [-0.2, 0) is 20.8 Å². The number of aromatic hydroxyl groups is 2.